The van der Waals surface area contributed by atoms with Crippen LogP contribution >= 0.6 is 0 Å². The van der Waals surface area contributed by atoms with E-state index in [9.17, 15) is 8.42 Å². The molecule has 2 heterocycles. The van der Waals surface area contributed by atoms with Crippen LogP contribution in [0.1, 0.15) is 55.7 Å². The van der Waals surface area contributed by atoms with Gasteiger partial charge in [0.15, 0.2) is 0 Å². The van der Waals surface area contributed by atoms with Crippen LogP contribution in [-0.2, 0) is 10.0 Å². The lowest BCUT2D eigenvalue weighted by molar-refractivity contribution is 0.340. The Hall–Kier alpha value is -2.31. The first-order chi connectivity index (χ1) is 15.1. The third-order valence-electron chi connectivity index (χ3n) is 6.84. The van der Waals surface area contributed by atoms with E-state index in [0.29, 0.717) is 30.5 Å². The monoisotopic (exact) mass is 438 g/mol. The average Bonchev–Trinajstić information content (AvgIpc) is 3.30. The molecule has 1 N–H and O–H groups in total. The van der Waals surface area contributed by atoms with Crippen molar-refractivity contribution in [2.24, 2.45) is 5.92 Å². The minimum atomic E-state index is -3.43. The van der Waals surface area contributed by atoms with Gasteiger partial charge in [-0.05, 0) is 73.6 Å². The van der Waals surface area contributed by atoms with Gasteiger partial charge in [-0.15, -0.1) is 0 Å². The smallest absolute Gasteiger partial charge is 0.243 e. The molecule has 1 aliphatic carbocycles. The van der Waals surface area contributed by atoms with Gasteiger partial charge in [0.25, 0.3) is 0 Å². The van der Waals surface area contributed by atoms with Gasteiger partial charge in [-0.3, -0.25) is 0 Å². The van der Waals surface area contributed by atoms with Gasteiger partial charge in [0.2, 0.25) is 10.0 Å². The van der Waals surface area contributed by atoms with Crippen molar-refractivity contribution in [3.8, 4) is 5.75 Å². The second-order valence-electron chi connectivity index (χ2n) is 8.69. The summed E-state index contributed by atoms with van der Waals surface area (Å²) in [5.74, 6) is 1.49. The van der Waals surface area contributed by atoms with Gasteiger partial charge in [-0.1, -0.05) is 30.7 Å². The number of sulfonamides is 1. The Kier molecular flexibility index (Phi) is 5.52. The van der Waals surface area contributed by atoms with Crippen LogP contribution in [0, 0.1) is 5.92 Å². The topological polar surface area (TPSA) is 58.6 Å². The van der Waals surface area contributed by atoms with Crippen LogP contribution in [0.2, 0.25) is 0 Å². The van der Waals surface area contributed by atoms with Crippen LogP contribution in [0.15, 0.2) is 59.5 Å². The molecule has 5 rings (SSSR count). The summed E-state index contributed by atoms with van der Waals surface area (Å²) < 4.78 is 33.7. The van der Waals surface area contributed by atoms with Gasteiger partial charge in [0, 0.05) is 24.7 Å². The Morgan fingerprint density at radius 2 is 1.84 bits per heavy atom. The standard InChI is InChI=1S/C25H30N2O3S/c1-2-30-19-11-9-18(10-12-19)25-22-8-6-7-21(22)23-17-20(13-14-24(23)26-25)31(28,29)27-15-4-3-5-16-27/h6-7,9-14,17,21-22,25-26H,2-5,8,15-16H2,1H3. The van der Waals surface area contributed by atoms with Crippen molar-refractivity contribution < 1.29 is 13.2 Å². The fourth-order valence-electron chi connectivity index (χ4n) is 5.26. The Bertz CT molecular complexity index is 1070. The fourth-order valence-corrected chi connectivity index (χ4v) is 6.81. The molecule has 1 saturated heterocycles. The van der Waals surface area contributed by atoms with Crippen LogP contribution in [0.4, 0.5) is 5.69 Å². The summed E-state index contributed by atoms with van der Waals surface area (Å²) in [5, 5.41) is 3.71. The van der Waals surface area contributed by atoms with Crippen LogP contribution in [0.3, 0.4) is 0 Å². The number of piperidine rings is 1. The maximum Gasteiger partial charge on any atom is 0.243 e. The van der Waals surface area contributed by atoms with Crippen molar-refractivity contribution in [2.75, 3.05) is 25.0 Å². The predicted octanol–water partition coefficient (Wildman–Crippen LogP) is 5.09. The number of nitrogens with one attached hydrogen (secondary N) is 1. The van der Waals surface area contributed by atoms with Crippen molar-refractivity contribution in [1.29, 1.82) is 0 Å². The predicted molar refractivity (Wildman–Crippen MR) is 123 cm³/mol. The lowest BCUT2D eigenvalue weighted by Crippen LogP contribution is -2.36. The van der Waals surface area contributed by atoms with Gasteiger partial charge in [-0.2, -0.15) is 4.31 Å². The Morgan fingerprint density at radius 1 is 1.06 bits per heavy atom. The highest BCUT2D eigenvalue weighted by atomic mass is 32.2. The summed E-state index contributed by atoms with van der Waals surface area (Å²) in [5.41, 5.74) is 3.36. The molecule has 31 heavy (non-hydrogen) atoms. The molecule has 6 heteroatoms. The van der Waals surface area contributed by atoms with Crippen LogP contribution in [-0.4, -0.2) is 32.4 Å². The van der Waals surface area contributed by atoms with Crippen molar-refractivity contribution in [3.63, 3.8) is 0 Å². The molecule has 0 spiro atoms. The Morgan fingerprint density at radius 3 is 2.58 bits per heavy atom. The number of allylic oxidation sites excluding steroid dienone is 2. The zero-order valence-corrected chi connectivity index (χ0v) is 18.8. The zero-order chi connectivity index (χ0) is 21.4. The van der Waals surface area contributed by atoms with E-state index >= 15 is 0 Å². The molecule has 0 bridgehead atoms. The van der Waals surface area contributed by atoms with Gasteiger partial charge in [-0.25, -0.2) is 8.42 Å². The molecule has 3 aliphatic rings. The molecule has 1 fully saturated rings. The number of hydrogen-bond acceptors (Lipinski definition) is 4. The molecular weight excluding hydrogens is 408 g/mol. The Labute approximate surface area is 185 Å². The molecule has 2 aromatic carbocycles. The highest BCUT2D eigenvalue weighted by molar-refractivity contribution is 7.89. The number of nitrogens with zero attached hydrogens (tertiary/aromatic N) is 1. The largest absolute Gasteiger partial charge is 0.494 e. The number of fused-ring (bicyclic) bond motifs is 3. The quantitative estimate of drug-likeness (QED) is 0.661. The highest BCUT2D eigenvalue weighted by Crippen LogP contribution is 2.50. The minimum absolute atomic E-state index is 0.188. The van der Waals surface area contributed by atoms with Crippen LogP contribution in [0.5, 0.6) is 5.75 Å². The van der Waals surface area contributed by atoms with E-state index in [-0.39, 0.29) is 12.0 Å². The number of rotatable bonds is 5. The van der Waals surface area contributed by atoms with E-state index < -0.39 is 10.0 Å². The highest BCUT2D eigenvalue weighted by Gasteiger charge is 2.39. The summed E-state index contributed by atoms with van der Waals surface area (Å²) in [4.78, 5) is 0.425. The van der Waals surface area contributed by atoms with Crippen molar-refractivity contribution in [3.05, 3.63) is 65.7 Å². The SMILES string of the molecule is CCOc1ccc(C2Nc3ccc(S(=O)(=O)N4CCCCC4)cc3C3C=CCC32)cc1. The normalized spacial score (nSPS) is 25.5. The molecule has 2 aliphatic heterocycles. The third kappa shape index (κ3) is 3.76. The molecule has 0 radical (unpaired) electrons. The first-order valence-corrected chi connectivity index (χ1v) is 12.8. The number of anilines is 1. The Balaban J connectivity index is 1.46. The lowest BCUT2D eigenvalue weighted by Gasteiger charge is -2.38. The summed E-state index contributed by atoms with van der Waals surface area (Å²) in [6, 6.07) is 14.2. The van der Waals surface area contributed by atoms with Gasteiger partial charge < -0.3 is 10.1 Å². The fraction of sp³-hybridized carbons (Fsp3) is 0.440. The molecule has 0 amide bonds. The second-order valence-corrected chi connectivity index (χ2v) is 10.6. The van der Waals surface area contributed by atoms with Crippen molar-refractivity contribution in [1.82, 2.24) is 4.31 Å². The molecule has 2 aromatic rings. The molecular formula is C25H30N2O3S. The van der Waals surface area contributed by atoms with E-state index in [0.717, 1.165) is 42.7 Å². The summed E-state index contributed by atoms with van der Waals surface area (Å²) in [6.45, 7) is 3.90. The van der Waals surface area contributed by atoms with E-state index in [2.05, 4.69) is 29.6 Å². The number of ether oxygens (including phenoxy) is 1. The van der Waals surface area contributed by atoms with E-state index in [4.69, 9.17) is 4.74 Å². The summed E-state index contributed by atoms with van der Waals surface area (Å²) in [7, 11) is -3.43. The molecule has 0 aromatic heterocycles. The van der Waals surface area contributed by atoms with E-state index in [1.165, 1.54) is 5.56 Å². The first kappa shape index (κ1) is 20.6. The maximum atomic E-state index is 13.2. The first-order valence-electron chi connectivity index (χ1n) is 11.4. The molecule has 3 atom stereocenters. The van der Waals surface area contributed by atoms with Crippen molar-refractivity contribution in [2.45, 2.75) is 49.5 Å². The van der Waals surface area contributed by atoms with Crippen molar-refractivity contribution >= 4 is 15.7 Å². The minimum Gasteiger partial charge on any atom is -0.494 e. The van der Waals surface area contributed by atoms with Crippen LogP contribution in [0.25, 0.3) is 0 Å². The summed E-state index contributed by atoms with van der Waals surface area (Å²) >= 11 is 0. The lowest BCUT2D eigenvalue weighted by atomic mass is 9.77. The molecule has 0 saturated carbocycles. The van der Waals surface area contributed by atoms with Gasteiger partial charge >= 0.3 is 0 Å². The molecule has 164 valence electrons. The van der Waals surface area contributed by atoms with E-state index in [1.807, 2.05) is 31.2 Å². The zero-order valence-electron chi connectivity index (χ0n) is 18.0. The maximum absolute atomic E-state index is 13.2. The molecule has 3 unspecified atom stereocenters. The molecule has 5 nitrogen and oxygen atoms in total. The number of hydrogen-bond donors (Lipinski definition) is 1. The average molecular weight is 439 g/mol. The third-order valence-corrected chi connectivity index (χ3v) is 8.73. The van der Waals surface area contributed by atoms with Gasteiger partial charge in [0.05, 0.1) is 17.5 Å². The summed E-state index contributed by atoms with van der Waals surface area (Å²) in [6.07, 6.45) is 8.48. The number of benzene rings is 2. The van der Waals surface area contributed by atoms with Gasteiger partial charge in [0.1, 0.15) is 5.75 Å². The van der Waals surface area contributed by atoms with Crippen LogP contribution < -0.4 is 10.1 Å². The second kappa shape index (κ2) is 8.32. The van der Waals surface area contributed by atoms with E-state index in [1.54, 1.807) is 10.4 Å².